The molecule has 1 aromatic carbocycles. The van der Waals surface area contributed by atoms with E-state index in [9.17, 15) is 17.6 Å². The van der Waals surface area contributed by atoms with E-state index in [0.29, 0.717) is 11.3 Å². The van der Waals surface area contributed by atoms with Gasteiger partial charge in [-0.15, -0.1) is 0 Å². The van der Waals surface area contributed by atoms with Crippen molar-refractivity contribution in [3.63, 3.8) is 0 Å². The maximum Gasteiger partial charge on any atom is 0.256 e. The lowest BCUT2D eigenvalue weighted by Crippen LogP contribution is -2.12. The minimum Gasteiger partial charge on any atom is -0.322 e. The summed E-state index contributed by atoms with van der Waals surface area (Å²) in [6.07, 6.45) is 1.04. The number of halogens is 1. The van der Waals surface area contributed by atoms with E-state index in [0.717, 1.165) is 17.9 Å². The van der Waals surface area contributed by atoms with Gasteiger partial charge in [0.1, 0.15) is 5.82 Å². The molecule has 0 fully saturated rings. The zero-order valence-corrected chi connectivity index (χ0v) is 13.1. The molecule has 2 rings (SSSR count). The SMILES string of the molecule is Cc1cscc1C(=O)Nc1ccc(CS(C)(=O)=O)c(F)c1. The Morgan fingerprint density at radius 1 is 1.33 bits per heavy atom. The summed E-state index contributed by atoms with van der Waals surface area (Å²) in [5, 5.41) is 6.17. The van der Waals surface area contributed by atoms with E-state index in [1.54, 1.807) is 5.38 Å². The van der Waals surface area contributed by atoms with Crippen LogP contribution in [0.25, 0.3) is 0 Å². The number of carbonyl (C=O) groups is 1. The highest BCUT2D eigenvalue weighted by Crippen LogP contribution is 2.19. The molecule has 21 heavy (non-hydrogen) atoms. The first-order valence-corrected chi connectivity index (χ1v) is 9.07. The van der Waals surface area contributed by atoms with E-state index in [-0.39, 0.29) is 17.2 Å². The van der Waals surface area contributed by atoms with Gasteiger partial charge in [0, 0.05) is 22.9 Å². The number of thiophene rings is 1. The second-order valence-electron chi connectivity index (χ2n) is 4.80. The number of nitrogens with one attached hydrogen (secondary N) is 1. The molecule has 0 bridgehead atoms. The van der Waals surface area contributed by atoms with Crippen LogP contribution in [-0.4, -0.2) is 20.6 Å². The van der Waals surface area contributed by atoms with E-state index in [1.807, 2.05) is 12.3 Å². The second kappa shape index (κ2) is 5.95. The summed E-state index contributed by atoms with van der Waals surface area (Å²) in [6, 6.07) is 3.98. The third-order valence-corrected chi connectivity index (χ3v) is 4.53. The Morgan fingerprint density at radius 2 is 2.05 bits per heavy atom. The van der Waals surface area contributed by atoms with Gasteiger partial charge in [-0.3, -0.25) is 4.79 Å². The summed E-state index contributed by atoms with van der Waals surface area (Å²) in [7, 11) is -3.30. The molecule has 1 amide bonds. The van der Waals surface area contributed by atoms with Gasteiger partial charge >= 0.3 is 0 Å². The Hall–Kier alpha value is -1.73. The van der Waals surface area contributed by atoms with Gasteiger partial charge in [0.15, 0.2) is 9.84 Å². The van der Waals surface area contributed by atoms with E-state index in [4.69, 9.17) is 0 Å². The van der Waals surface area contributed by atoms with E-state index in [2.05, 4.69) is 5.32 Å². The summed E-state index contributed by atoms with van der Waals surface area (Å²) >= 11 is 1.42. The van der Waals surface area contributed by atoms with Crippen LogP contribution >= 0.6 is 11.3 Å². The molecule has 112 valence electrons. The number of amides is 1. The Balaban J connectivity index is 2.18. The fourth-order valence-electron chi connectivity index (χ4n) is 1.82. The van der Waals surface area contributed by atoms with Crippen molar-refractivity contribution in [1.82, 2.24) is 0 Å². The lowest BCUT2D eigenvalue weighted by atomic mass is 10.2. The molecule has 7 heteroatoms. The molecular weight excluding hydrogens is 313 g/mol. The second-order valence-corrected chi connectivity index (χ2v) is 7.68. The quantitative estimate of drug-likeness (QED) is 0.939. The summed E-state index contributed by atoms with van der Waals surface area (Å²) in [5.74, 6) is -1.33. The highest BCUT2D eigenvalue weighted by atomic mass is 32.2. The highest BCUT2D eigenvalue weighted by molar-refractivity contribution is 7.89. The minimum atomic E-state index is -3.30. The van der Waals surface area contributed by atoms with Crippen LogP contribution in [0.1, 0.15) is 21.5 Å². The molecule has 0 atom stereocenters. The van der Waals surface area contributed by atoms with Crippen molar-refractivity contribution in [3.05, 3.63) is 51.5 Å². The van der Waals surface area contributed by atoms with Crippen LogP contribution in [0, 0.1) is 12.7 Å². The van der Waals surface area contributed by atoms with Gasteiger partial charge in [-0.25, -0.2) is 12.8 Å². The number of carbonyl (C=O) groups excluding carboxylic acids is 1. The molecule has 0 spiro atoms. The summed E-state index contributed by atoms with van der Waals surface area (Å²) in [4.78, 5) is 12.0. The Bertz CT molecular complexity index is 781. The van der Waals surface area contributed by atoms with Crippen molar-refractivity contribution in [2.24, 2.45) is 0 Å². The fourth-order valence-corrected chi connectivity index (χ4v) is 3.44. The summed E-state index contributed by atoms with van der Waals surface area (Å²) < 4.78 is 36.2. The van der Waals surface area contributed by atoms with Crippen LogP contribution in [0.2, 0.25) is 0 Å². The molecular formula is C14H14FNO3S2. The maximum atomic E-state index is 13.8. The van der Waals surface area contributed by atoms with Crippen LogP contribution in [-0.2, 0) is 15.6 Å². The number of hydrogen-bond acceptors (Lipinski definition) is 4. The largest absolute Gasteiger partial charge is 0.322 e. The van der Waals surface area contributed by atoms with Crippen molar-refractivity contribution < 1.29 is 17.6 Å². The number of hydrogen-bond donors (Lipinski definition) is 1. The third kappa shape index (κ3) is 4.12. The van der Waals surface area contributed by atoms with Gasteiger partial charge in [-0.2, -0.15) is 11.3 Å². The third-order valence-electron chi connectivity index (χ3n) is 2.83. The van der Waals surface area contributed by atoms with E-state index >= 15 is 0 Å². The summed E-state index contributed by atoms with van der Waals surface area (Å²) in [5.41, 5.74) is 1.77. The van der Waals surface area contributed by atoms with E-state index < -0.39 is 15.7 Å². The van der Waals surface area contributed by atoms with Gasteiger partial charge < -0.3 is 5.32 Å². The Morgan fingerprint density at radius 3 is 2.57 bits per heavy atom. The minimum absolute atomic E-state index is 0.0854. The number of anilines is 1. The van der Waals surface area contributed by atoms with Crippen molar-refractivity contribution in [3.8, 4) is 0 Å². The lowest BCUT2D eigenvalue weighted by Gasteiger charge is -2.07. The first-order valence-electron chi connectivity index (χ1n) is 6.06. The van der Waals surface area contributed by atoms with Crippen LogP contribution in [0.5, 0.6) is 0 Å². The number of aryl methyl sites for hydroxylation is 1. The maximum absolute atomic E-state index is 13.8. The lowest BCUT2D eigenvalue weighted by molar-refractivity contribution is 0.102. The van der Waals surface area contributed by atoms with Crippen molar-refractivity contribution in [2.75, 3.05) is 11.6 Å². The summed E-state index contributed by atoms with van der Waals surface area (Å²) in [6.45, 7) is 1.82. The monoisotopic (exact) mass is 327 g/mol. The number of sulfone groups is 1. The molecule has 1 heterocycles. The van der Waals surface area contributed by atoms with Crippen LogP contribution in [0.3, 0.4) is 0 Å². The molecule has 4 nitrogen and oxygen atoms in total. The smallest absolute Gasteiger partial charge is 0.256 e. The Kier molecular flexibility index (Phi) is 4.43. The fraction of sp³-hybridized carbons (Fsp3) is 0.214. The van der Waals surface area contributed by atoms with Crippen molar-refractivity contribution in [1.29, 1.82) is 0 Å². The number of rotatable bonds is 4. The molecule has 1 N–H and O–H groups in total. The Labute approximate surface area is 126 Å². The van der Waals surface area contributed by atoms with Gasteiger partial charge in [0.2, 0.25) is 0 Å². The predicted octanol–water partition coefficient (Wildman–Crippen LogP) is 2.99. The van der Waals surface area contributed by atoms with E-state index in [1.165, 1.54) is 23.5 Å². The van der Waals surface area contributed by atoms with Gasteiger partial charge in [0.25, 0.3) is 5.91 Å². The first kappa shape index (κ1) is 15.7. The zero-order valence-electron chi connectivity index (χ0n) is 11.5. The van der Waals surface area contributed by atoms with Crippen LogP contribution in [0.4, 0.5) is 10.1 Å². The van der Waals surface area contributed by atoms with Crippen molar-refractivity contribution in [2.45, 2.75) is 12.7 Å². The first-order chi connectivity index (χ1) is 9.76. The molecule has 0 saturated carbocycles. The average Bonchev–Trinajstić information content (AvgIpc) is 2.77. The molecule has 0 unspecified atom stereocenters. The molecule has 2 aromatic rings. The van der Waals surface area contributed by atoms with Crippen molar-refractivity contribution >= 4 is 32.8 Å². The topological polar surface area (TPSA) is 63.2 Å². The highest BCUT2D eigenvalue weighted by Gasteiger charge is 2.13. The number of benzene rings is 1. The molecule has 0 aliphatic carbocycles. The average molecular weight is 327 g/mol. The molecule has 0 saturated heterocycles. The predicted molar refractivity (Wildman–Crippen MR) is 82.0 cm³/mol. The van der Waals surface area contributed by atoms with Gasteiger partial charge in [0.05, 0.1) is 11.3 Å². The van der Waals surface area contributed by atoms with Gasteiger partial charge in [-0.1, -0.05) is 6.07 Å². The molecule has 0 aliphatic rings. The van der Waals surface area contributed by atoms with Crippen LogP contribution in [0.15, 0.2) is 29.0 Å². The standard InChI is InChI=1S/C14H14FNO3S2/c1-9-6-20-7-12(9)14(17)16-11-4-3-10(13(15)5-11)8-21(2,18)19/h3-7H,8H2,1-2H3,(H,16,17). The molecule has 1 aromatic heterocycles. The van der Waals surface area contributed by atoms with Gasteiger partial charge in [-0.05, 0) is 30.0 Å². The van der Waals surface area contributed by atoms with Crippen LogP contribution < -0.4 is 5.32 Å². The normalized spacial score (nSPS) is 11.4. The zero-order chi connectivity index (χ0) is 15.6. The molecule has 0 radical (unpaired) electrons. The molecule has 0 aliphatic heterocycles.